The predicted octanol–water partition coefficient (Wildman–Crippen LogP) is 6.03. The van der Waals surface area contributed by atoms with E-state index in [0.717, 1.165) is 0 Å². The minimum atomic E-state index is 0. The Bertz CT molecular complexity index is 9.80. The number of hydrogen-bond acceptors (Lipinski definition) is 0. The molecule has 1 nitrogen and oxygen atoms in total. The summed E-state index contributed by atoms with van der Waals surface area (Å²) in [7, 11) is 0. The van der Waals surface area contributed by atoms with E-state index in [9.17, 15) is 0 Å². The van der Waals surface area contributed by atoms with Crippen molar-refractivity contribution in [3.63, 3.8) is 0 Å². The van der Waals surface area contributed by atoms with E-state index in [1.807, 2.05) is 27.7 Å². The molecule has 0 aliphatic rings. The summed E-state index contributed by atoms with van der Waals surface area (Å²) in [5.74, 6) is 0. The third-order valence-corrected chi connectivity index (χ3v) is 0. The minimum Gasteiger partial charge on any atom is -0.693 e. The molecule has 0 bridgehead atoms. The molecule has 0 aliphatic heterocycles. The summed E-state index contributed by atoms with van der Waals surface area (Å²) in [6, 6.07) is 0. The van der Waals surface area contributed by atoms with Crippen molar-refractivity contribution in [3.8, 4) is 0 Å². The molecule has 0 aromatic heterocycles. The van der Waals surface area contributed by atoms with Gasteiger partial charge in [0.15, 0.2) is 0 Å². The summed E-state index contributed by atoms with van der Waals surface area (Å²) in [5.41, 5.74) is 0. The van der Waals surface area contributed by atoms with Crippen molar-refractivity contribution in [2.45, 2.75) is 50.0 Å². The molecule has 0 saturated carbocycles. The van der Waals surface area contributed by atoms with Crippen molar-refractivity contribution < 1.29 is 20.1 Å². The topological polar surface area (TPSA) is 33.5 Å². The average Bonchev–Trinajstić information content (AvgIpc) is 1.50. The van der Waals surface area contributed by atoms with Crippen LogP contribution in [0.2, 0.25) is 0 Å². The van der Waals surface area contributed by atoms with E-state index in [2.05, 4.69) is 0 Å². The first-order valence-corrected chi connectivity index (χ1v) is 2.00. The van der Waals surface area contributed by atoms with Crippen LogP contribution in [0.5, 0.6) is 0 Å². The van der Waals surface area contributed by atoms with Gasteiger partial charge in [-0.2, -0.15) is 0 Å². The van der Waals surface area contributed by atoms with Crippen LogP contribution >= 0.6 is 0 Å². The number of nitrogens with two attached hydrogens (primary N) is 1. The van der Waals surface area contributed by atoms with Gasteiger partial charge in [0.1, 0.15) is 0 Å². The maximum absolute atomic E-state index is 2.00. The van der Waals surface area contributed by atoms with E-state index >= 15 is 0 Å². The molecule has 1 radical (unpaired) electrons. The van der Waals surface area contributed by atoms with Gasteiger partial charge in [-0.1, -0.05) is 50.0 Å². The zero-order chi connectivity index (χ0) is 4.00. The summed E-state index contributed by atoms with van der Waals surface area (Å²) in [6.45, 7) is 8.00. The molecule has 2 N–H and O–H groups in total. The Morgan fingerprint density at radius 3 is 0.500 bits per heavy atom. The van der Waals surface area contributed by atoms with Crippen molar-refractivity contribution in [1.29, 1.82) is 0 Å². The molecular weight excluding hydrogens is 326 g/mol. The first kappa shape index (κ1) is 250. The Morgan fingerprint density at radius 2 is 0.500 bits per heavy atom. The summed E-state index contributed by atoms with van der Waals surface area (Å²) < 4.78 is 0. The van der Waals surface area contributed by atoms with Gasteiger partial charge in [-0.3, -0.25) is 0 Å². The molecule has 2 heteroatoms. The van der Waals surface area contributed by atoms with Gasteiger partial charge in [0.2, 0.25) is 0 Å². The third-order valence-electron chi connectivity index (χ3n) is 0. The summed E-state index contributed by atoms with van der Waals surface area (Å²) in [4.78, 5) is 0. The standard InChI is InChI=1S/2C2H6.3CH4.3CH3.Ir.H2N/c2*1-2;;;;;;;;/h2*1-2H3;3*1H4;3*1H3;;1H2/q;;;;;3*-1;;-1. The Morgan fingerprint density at radius 1 is 0.500 bits per heavy atom. The van der Waals surface area contributed by atoms with Gasteiger partial charge in [-0.05, 0) is 0 Å². The van der Waals surface area contributed by atoms with Crippen molar-refractivity contribution in [2.24, 2.45) is 0 Å². The number of hydrogen-bond donors (Lipinski definition) is 0. The van der Waals surface area contributed by atoms with E-state index in [1.165, 1.54) is 0 Å². The fourth-order valence-electron chi connectivity index (χ4n) is 0. The normalized spacial score (nSPS) is 1.00. The smallest absolute Gasteiger partial charge is 0 e. The van der Waals surface area contributed by atoms with Crippen LogP contribution in [0.4, 0.5) is 0 Å². The second kappa shape index (κ2) is 3520. The van der Waals surface area contributed by atoms with E-state index < -0.39 is 0 Å². The second-order valence-electron chi connectivity index (χ2n) is 0. The zero-order valence-electron chi connectivity index (χ0n) is 7.91. The fourth-order valence-corrected chi connectivity index (χ4v) is 0. The van der Waals surface area contributed by atoms with Crippen molar-refractivity contribution >= 4 is 0 Å². The van der Waals surface area contributed by atoms with Crippen molar-refractivity contribution in [1.82, 2.24) is 0 Å². The molecule has 0 heterocycles. The van der Waals surface area contributed by atoms with Gasteiger partial charge in [0.05, 0.1) is 0 Å². The Labute approximate surface area is 98.7 Å². The quantitative estimate of drug-likeness (QED) is 0.472. The van der Waals surface area contributed by atoms with Gasteiger partial charge in [0.25, 0.3) is 0 Å². The van der Waals surface area contributed by atoms with Crippen LogP contribution in [0.1, 0.15) is 50.0 Å². The largest absolute Gasteiger partial charge is 0.693 e. The summed E-state index contributed by atoms with van der Waals surface area (Å²) in [5, 5.41) is 0. The maximum atomic E-state index is 2.00. The monoisotopic (exact) mass is 362 g/mol. The predicted molar refractivity (Wildman–Crippen MR) is 67.4 cm³/mol. The third kappa shape index (κ3) is 2640. The summed E-state index contributed by atoms with van der Waals surface area (Å²) >= 11 is 0. The molecule has 93 valence electrons. The molecule has 0 spiro atoms. The van der Waals surface area contributed by atoms with E-state index in [0.29, 0.717) is 0 Å². The van der Waals surface area contributed by atoms with Crippen LogP contribution in [0, 0.1) is 22.3 Å². The molecule has 12 heavy (non-hydrogen) atoms. The van der Waals surface area contributed by atoms with Crippen molar-refractivity contribution in [2.75, 3.05) is 0 Å². The molecular formula is C10H35IrN-4. The molecule has 0 unspecified atom stereocenters. The van der Waals surface area contributed by atoms with Crippen LogP contribution < -0.4 is 0 Å². The van der Waals surface area contributed by atoms with Crippen molar-refractivity contribution in [3.05, 3.63) is 28.4 Å². The molecule has 0 aromatic carbocycles. The first-order valence-electron chi connectivity index (χ1n) is 2.00. The Kier molecular flexibility index (Phi) is 73200. The molecule has 0 fully saturated rings. The van der Waals surface area contributed by atoms with Crippen LogP contribution in [-0.4, -0.2) is 0 Å². The van der Waals surface area contributed by atoms with Crippen LogP contribution in [0.25, 0.3) is 6.15 Å². The van der Waals surface area contributed by atoms with Gasteiger partial charge in [-0.25, -0.2) is 0 Å². The average molecular weight is 362 g/mol. The minimum absolute atomic E-state index is 0. The van der Waals surface area contributed by atoms with Crippen LogP contribution in [0.15, 0.2) is 0 Å². The molecule has 0 saturated heterocycles. The summed E-state index contributed by atoms with van der Waals surface area (Å²) in [6.07, 6.45) is 0. The Balaban J connectivity index is -0.000000000500. The zero-order valence-corrected chi connectivity index (χ0v) is 10.3. The van der Waals surface area contributed by atoms with Crippen LogP contribution in [-0.2, 0) is 20.1 Å². The molecule has 0 aromatic rings. The molecule has 0 rings (SSSR count). The fraction of sp³-hybridized carbons (Fsp3) is 0.700. The SMILES string of the molecule is C.C.C.CC.CC.[CH3-].[CH3-].[CH3-].[Ir].[NH2-]. The molecule has 0 atom stereocenters. The van der Waals surface area contributed by atoms with E-state index in [1.54, 1.807) is 0 Å². The maximum Gasteiger partial charge on any atom is 0 e. The second-order valence-corrected chi connectivity index (χ2v) is 0. The molecule has 0 aliphatic carbocycles. The molecule has 0 amide bonds. The number of rotatable bonds is 0. The van der Waals surface area contributed by atoms with Gasteiger partial charge in [-0.15, -0.1) is 0 Å². The van der Waals surface area contributed by atoms with Gasteiger partial charge < -0.3 is 28.4 Å². The van der Waals surface area contributed by atoms with E-state index in [4.69, 9.17) is 0 Å². The van der Waals surface area contributed by atoms with Crippen LogP contribution in [0.3, 0.4) is 0 Å². The van der Waals surface area contributed by atoms with Gasteiger partial charge in [0, 0.05) is 20.1 Å². The Hall–Kier alpha value is 0.609. The van der Waals surface area contributed by atoms with E-state index in [-0.39, 0.29) is 70.8 Å². The van der Waals surface area contributed by atoms with Gasteiger partial charge >= 0.3 is 0 Å². The first-order chi connectivity index (χ1) is 2.00.